The van der Waals surface area contributed by atoms with E-state index in [0.717, 1.165) is 11.0 Å². The van der Waals surface area contributed by atoms with E-state index in [0.29, 0.717) is 11.8 Å². The molecule has 2 aromatic rings. The molecule has 0 aliphatic rings. The minimum Gasteiger partial charge on any atom is -0.339 e. The van der Waals surface area contributed by atoms with Gasteiger partial charge in [-0.2, -0.15) is 13.2 Å². The highest BCUT2D eigenvalue weighted by Crippen LogP contribution is 2.47. The van der Waals surface area contributed by atoms with Gasteiger partial charge in [0, 0.05) is 18.8 Å². The van der Waals surface area contributed by atoms with Gasteiger partial charge in [-0.15, -0.1) is 0 Å². The molecule has 0 saturated heterocycles. The van der Waals surface area contributed by atoms with Crippen LogP contribution in [0.1, 0.15) is 5.56 Å². The molecule has 0 N–H and O–H groups in total. The number of para-hydroxylation sites is 1. The zero-order chi connectivity index (χ0) is 18.1. The average molecular weight is 341 g/mol. The van der Waals surface area contributed by atoms with Crippen LogP contribution in [0, 0.1) is 20.2 Å². The highest BCUT2D eigenvalue weighted by molar-refractivity contribution is 5.77. The molecule has 0 bridgehead atoms. The van der Waals surface area contributed by atoms with E-state index < -0.39 is 38.6 Å². The standard InChI is InChI=1S/C14H10F3N3O4/c1-18(9-5-3-2-4-6-9)11-8-7-10(19(21)22)12(14(15,16)17)13(11)20(23)24/h2-8H,1H3. The monoisotopic (exact) mass is 341 g/mol. The largest absolute Gasteiger partial charge is 0.429 e. The predicted molar refractivity (Wildman–Crippen MR) is 79.3 cm³/mol. The molecule has 0 aliphatic heterocycles. The molecular formula is C14H10F3N3O4. The lowest BCUT2D eigenvalue weighted by Gasteiger charge is -2.20. The molecule has 7 nitrogen and oxygen atoms in total. The molecule has 0 fully saturated rings. The first-order valence-electron chi connectivity index (χ1n) is 6.46. The Kier molecular flexibility index (Phi) is 4.40. The molecule has 2 aromatic carbocycles. The van der Waals surface area contributed by atoms with Gasteiger partial charge in [0.15, 0.2) is 0 Å². The first kappa shape index (κ1) is 17.2. The number of halogens is 3. The van der Waals surface area contributed by atoms with E-state index in [2.05, 4.69) is 0 Å². The number of rotatable bonds is 4. The van der Waals surface area contributed by atoms with Gasteiger partial charge >= 0.3 is 11.9 Å². The maximum atomic E-state index is 13.2. The molecule has 0 heterocycles. The number of nitro benzene ring substituents is 2. The summed E-state index contributed by atoms with van der Waals surface area (Å²) < 4.78 is 39.7. The van der Waals surface area contributed by atoms with Gasteiger partial charge in [-0.1, -0.05) is 18.2 Å². The van der Waals surface area contributed by atoms with Crippen molar-refractivity contribution in [3.8, 4) is 0 Å². The number of nitro groups is 2. The Hall–Kier alpha value is -3.17. The quantitative estimate of drug-likeness (QED) is 0.611. The first-order valence-corrected chi connectivity index (χ1v) is 6.46. The van der Waals surface area contributed by atoms with Crippen LogP contribution in [0.2, 0.25) is 0 Å². The predicted octanol–water partition coefficient (Wildman–Crippen LogP) is 4.29. The Bertz CT molecular complexity index is 794. The summed E-state index contributed by atoms with van der Waals surface area (Å²) in [6, 6.07) is 9.50. The van der Waals surface area contributed by atoms with Crippen molar-refractivity contribution in [1.82, 2.24) is 0 Å². The van der Waals surface area contributed by atoms with E-state index in [1.165, 1.54) is 7.05 Å². The molecule has 0 spiro atoms. The minimum absolute atomic E-state index is 0.391. The zero-order valence-electron chi connectivity index (χ0n) is 12.1. The van der Waals surface area contributed by atoms with E-state index in [9.17, 15) is 33.4 Å². The third kappa shape index (κ3) is 3.12. The summed E-state index contributed by atoms with van der Waals surface area (Å²) in [5.74, 6) is 0. The number of hydrogen-bond acceptors (Lipinski definition) is 5. The van der Waals surface area contributed by atoms with Gasteiger partial charge in [0.05, 0.1) is 9.85 Å². The van der Waals surface area contributed by atoms with Crippen molar-refractivity contribution in [2.24, 2.45) is 0 Å². The highest BCUT2D eigenvalue weighted by atomic mass is 19.4. The van der Waals surface area contributed by atoms with Gasteiger partial charge in [-0.25, -0.2) is 0 Å². The average Bonchev–Trinajstić information content (AvgIpc) is 2.52. The minimum atomic E-state index is -5.25. The van der Waals surface area contributed by atoms with Gasteiger partial charge in [0.25, 0.3) is 5.69 Å². The summed E-state index contributed by atoms with van der Waals surface area (Å²) in [7, 11) is 1.34. The fraction of sp³-hybridized carbons (Fsp3) is 0.143. The van der Waals surface area contributed by atoms with Crippen LogP contribution in [0.3, 0.4) is 0 Å². The fourth-order valence-corrected chi connectivity index (χ4v) is 2.25. The third-order valence-corrected chi connectivity index (χ3v) is 3.30. The SMILES string of the molecule is CN(c1ccccc1)c1ccc([N+](=O)[O-])c(C(F)(F)F)c1[N+](=O)[O-]. The van der Waals surface area contributed by atoms with Gasteiger partial charge in [-0.05, 0) is 18.2 Å². The van der Waals surface area contributed by atoms with Crippen LogP contribution in [-0.4, -0.2) is 16.9 Å². The summed E-state index contributed by atoms with van der Waals surface area (Å²) in [5.41, 5.74) is -4.60. The van der Waals surface area contributed by atoms with Crippen LogP contribution in [-0.2, 0) is 6.18 Å². The summed E-state index contributed by atoms with van der Waals surface area (Å²) in [6.45, 7) is 0. The van der Waals surface area contributed by atoms with Gasteiger partial charge in [0.2, 0.25) is 5.56 Å². The molecule has 0 unspecified atom stereocenters. The molecule has 0 radical (unpaired) electrons. The Morgan fingerprint density at radius 3 is 2.00 bits per heavy atom. The van der Waals surface area contributed by atoms with Crippen LogP contribution >= 0.6 is 0 Å². The highest BCUT2D eigenvalue weighted by Gasteiger charge is 2.47. The van der Waals surface area contributed by atoms with E-state index in [1.807, 2.05) is 0 Å². The first-order chi connectivity index (χ1) is 11.1. The molecule has 126 valence electrons. The smallest absolute Gasteiger partial charge is 0.339 e. The van der Waals surface area contributed by atoms with E-state index in [1.54, 1.807) is 30.3 Å². The van der Waals surface area contributed by atoms with Gasteiger partial charge in [-0.3, -0.25) is 20.2 Å². The molecule has 0 atom stereocenters. The van der Waals surface area contributed by atoms with Crippen molar-refractivity contribution in [2.75, 3.05) is 11.9 Å². The van der Waals surface area contributed by atoms with Gasteiger partial charge < -0.3 is 4.90 Å². The second-order valence-electron chi connectivity index (χ2n) is 4.73. The number of benzene rings is 2. The molecule has 0 aromatic heterocycles. The maximum absolute atomic E-state index is 13.2. The van der Waals surface area contributed by atoms with Crippen molar-refractivity contribution in [3.63, 3.8) is 0 Å². The second kappa shape index (κ2) is 6.14. The fourth-order valence-electron chi connectivity index (χ4n) is 2.25. The van der Waals surface area contributed by atoms with Crippen LogP contribution in [0.5, 0.6) is 0 Å². The van der Waals surface area contributed by atoms with Crippen molar-refractivity contribution < 1.29 is 23.0 Å². The number of alkyl halides is 3. The Balaban J connectivity index is 2.79. The van der Waals surface area contributed by atoms with Crippen molar-refractivity contribution >= 4 is 22.7 Å². The Morgan fingerprint density at radius 2 is 1.54 bits per heavy atom. The number of hydrogen-bond donors (Lipinski definition) is 0. The molecule has 0 aliphatic carbocycles. The summed E-state index contributed by atoms with van der Waals surface area (Å²) >= 11 is 0. The molecule has 0 saturated carbocycles. The topological polar surface area (TPSA) is 89.5 Å². The van der Waals surface area contributed by atoms with Crippen molar-refractivity contribution in [2.45, 2.75) is 6.18 Å². The lowest BCUT2D eigenvalue weighted by atomic mass is 10.1. The van der Waals surface area contributed by atoms with E-state index >= 15 is 0 Å². The van der Waals surface area contributed by atoms with Crippen molar-refractivity contribution in [3.05, 3.63) is 68.3 Å². The molecule has 0 amide bonds. The molecule has 10 heteroatoms. The molecular weight excluding hydrogens is 331 g/mol. The Morgan fingerprint density at radius 1 is 0.958 bits per heavy atom. The molecule has 24 heavy (non-hydrogen) atoms. The summed E-state index contributed by atoms with van der Waals surface area (Å²) in [6.07, 6.45) is -5.25. The van der Waals surface area contributed by atoms with Gasteiger partial charge in [0.1, 0.15) is 5.69 Å². The second-order valence-corrected chi connectivity index (χ2v) is 4.73. The van der Waals surface area contributed by atoms with Crippen LogP contribution in [0.15, 0.2) is 42.5 Å². The molecule has 2 rings (SSSR count). The maximum Gasteiger partial charge on any atom is 0.429 e. The summed E-state index contributed by atoms with van der Waals surface area (Å²) in [5, 5.41) is 22.1. The normalized spacial score (nSPS) is 11.2. The van der Waals surface area contributed by atoms with Crippen LogP contribution < -0.4 is 4.90 Å². The van der Waals surface area contributed by atoms with Crippen LogP contribution in [0.25, 0.3) is 0 Å². The van der Waals surface area contributed by atoms with E-state index in [-0.39, 0.29) is 0 Å². The van der Waals surface area contributed by atoms with Crippen molar-refractivity contribution in [1.29, 1.82) is 0 Å². The number of anilines is 2. The van der Waals surface area contributed by atoms with E-state index in [4.69, 9.17) is 0 Å². The summed E-state index contributed by atoms with van der Waals surface area (Å²) in [4.78, 5) is 20.7. The van der Waals surface area contributed by atoms with Crippen LogP contribution in [0.4, 0.5) is 35.9 Å². The Labute approximate surface area is 133 Å². The lowest BCUT2D eigenvalue weighted by molar-refractivity contribution is -0.399. The third-order valence-electron chi connectivity index (χ3n) is 3.30. The zero-order valence-corrected chi connectivity index (χ0v) is 12.1. The number of nitrogens with zero attached hydrogens (tertiary/aromatic N) is 3. The lowest BCUT2D eigenvalue weighted by Crippen LogP contribution is -2.17.